The standard InChI is InChI=1S/C37H41F3N8O/c1-24(2)48-22-30(19-42-48)43-34-7-6-15-47-31(20-41-35(34)47)13-11-26-17-27(9-8-25(26)3)36(49)44-29-12-10-28(33(18-29)37(38,39)40)21-46-16-14-32(23-46)45(4)5/h6-10,12,15,17-18,20,22,24,32,42-43H,14,16,19,21,23H2,1-5H3,(H,44,49). The molecule has 1 atom stereocenters. The highest BCUT2D eigenvalue weighted by molar-refractivity contribution is 6.04. The van der Waals surface area contributed by atoms with Gasteiger partial charge >= 0.3 is 6.18 Å². The van der Waals surface area contributed by atoms with Crippen LogP contribution in [-0.4, -0.2) is 75.9 Å². The van der Waals surface area contributed by atoms with Gasteiger partial charge in [-0.15, -0.1) is 0 Å². The van der Waals surface area contributed by atoms with Crippen molar-refractivity contribution in [3.8, 4) is 11.8 Å². The number of rotatable bonds is 8. The van der Waals surface area contributed by atoms with Crippen molar-refractivity contribution in [1.82, 2.24) is 29.6 Å². The molecule has 256 valence electrons. The van der Waals surface area contributed by atoms with Crippen molar-refractivity contribution in [3.63, 3.8) is 0 Å². The molecule has 1 fully saturated rings. The van der Waals surface area contributed by atoms with E-state index in [2.05, 4.69) is 51.6 Å². The molecule has 1 saturated heterocycles. The monoisotopic (exact) mass is 670 g/mol. The van der Waals surface area contributed by atoms with Crippen LogP contribution in [0, 0.1) is 18.8 Å². The number of carbonyl (C=O) groups excluding carboxylic acids is 1. The Kier molecular flexibility index (Phi) is 9.70. The topological polar surface area (TPSA) is 80.2 Å². The van der Waals surface area contributed by atoms with Crippen molar-refractivity contribution in [3.05, 3.63) is 106 Å². The van der Waals surface area contributed by atoms with E-state index in [0.29, 0.717) is 36.4 Å². The Labute approximate surface area is 284 Å². The molecule has 6 rings (SSSR count). The molecule has 12 heteroatoms. The second-order valence-electron chi connectivity index (χ2n) is 13.1. The average Bonchev–Trinajstić information content (AvgIpc) is 3.82. The molecule has 1 unspecified atom stereocenters. The predicted molar refractivity (Wildman–Crippen MR) is 186 cm³/mol. The molecule has 0 radical (unpaired) electrons. The van der Waals surface area contributed by atoms with Crippen LogP contribution >= 0.6 is 0 Å². The highest BCUT2D eigenvalue weighted by Crippen LogP contribution is 2.35. The van der Waals surface area contributed by atoms with Crippen molar-refractivity contribution < 1.29 is 18.0 Å². The Morgan fingerprint density at radius 1 is 1.14 bits per heavy atom. The van der Waals surface area contributed by atoms with E-state index in [-0.39, 0.29) is 23.4 Å². The van der Waals surface area contributed by atoms with Crippen LogP contribution in [-0.2, 0) is 12.7 Å². The number of aromatic nitrogens is 2. The molecular formula is C37H41F3N8O. The number of amides is 1. The van der Waals surface area contributed by atoms with Crippen molar-refractivity contribution in [1.29, 1.82) is 0 Å². The van der Waals surface area contributed by atoms with Crippen molar-refractivity contribution in [2.75, 3.05) is 44.4 Å². The Hall–Kier alpha value is -4.83. The summed E-state index contributed by atoms with van der Waals surface area (Å²) >= 11 is 0. The number of carbonyl (C=O) groups is 1. The van der Waals surface area contributed by atoms with Gasteiger partial charge in [-0.05, 0) is 94.7 Å². The van der Waals surface area contributed by atoms with E-state index in [0.717, 1.165) is 41.6 Å². The van der Waals surface area contributed by atoms with Crippen molar-refractivity contribution in [2.45, 2.75) is 52.0 Å². The summed E-state index contributed by atoms with van der Waals surface area (Å²) in [6, 6.07) is 13.6. The number of hydrazine groups is 1. The molecule has 0 aliphatic carbocycles. The fourth-order valence-corrected chi connectivity index (χ4v) is 6.12. The van der Waals surface area contributed by atoms with Crippen LogP contribution in [0.5, 0.6) is 0 Å². The summed E-state index contributed by atoms with van der Waals surface area (Å²) in [5.41, 5.74) is 7.90. The zero-order valence-electron chi connectivity index (χ0n) is 28.3. The van der Waals surface area contributed by atoms with Crippen LogP contribution < -0.4 is 16.1 Å². The van der Waals surface area contributed by atoms with E-state index in [1.54, 1.807) is 24.4 Å². The fourth-order valence-electron chi connectivity index (χ4n) is 6.12. The number of anilines is 2. The first-order valence-corrected chi connectivity index (χ1v) is 16.3. The van der Waals surface area contributed by atoms with E-state index >= 15 is 0 Å². The number of nitrogens with zero attached hydrogens (tertiary/aromatic N) is 5. The lowest BCUT2D eigenvalue weighted by Crippen LogP contribution is -2.34. The number of aryl methyl sites for hydroxylation is 1. The minimum absolute atomic E-state index is 0.0816. The zero-order valence-corrected chi connectivity index (χ0v) is 28.3. The maximum atomic E-state index is 14.1. The fraction of sp³-hybridized carbons (Fsp3) is 0.351. The molecule has 49 heavy (non-hydrogen) atoms. The number of likely N-dealkylation sites (N-methyl/N-ethyl adjacent to an activating group) is 1. The van der Waals surface area contributed by atoms with Crippen LogP contribution in [0.3, 0.4) is 0 Å². The summed E-state index contributed by atoms with van der Waals surface area (Å²) in [4.78, 5) is 22.0. The maximum Gasteiger partial charge on any atom is 0.416 e. The van der Waals surface area contributed by atoms with Gasteiger partial charge in [0.2, 0.25) is 0 Å². The highest BCUT2D eigenvalue weighted by atomic mass is 19.4. The van der Waals surface area contributed by atoms with Gasteiger partial charge in [0.05, 0.1) is 24.0 Å². The van der Waals surface area contributed by atoms with Gasteiger partial charge in [0.1, 0.15) is 5.69 Å². The first-order valence-electron chi connectivity index (χ1n) is 16.3. The van der Waals surface area contributed by atoms with Crippen LogP contribution in [0.2, 0.25) is 0 Å². The highest BCUT2D eigenvalue weighted by Gasteiger charge is 2.35. The SMILES string of the molecule is Cc1ccc(C(=O)Nc2ccc(CN3CCC(N(C)C)C3)c(C(F)(F)F)c2)cc1C#Cc1cnc2c(NC3=CN(C(C)C)NC3)cccn12. The number of halogens is 3. The predicted octanol–water partition coefficient (Wildman–Crippen LogP) is 5.93. The second kappa shape index (κ2) is 14.0. The largest absolute Gasteiger partial charge is 0.416 e. The lowest BCUT2D eigenvalue weighted by atomic mass is 10.0. The van der Waals surface area contributed by atoms with E-state index in [4.69, 9.17) is 0 Å². The van der Waals surface area contributed by atoms with E-state index in [1.165, 1.54) is 12.1 Å². The number of benzene rings is 2. The number of imidazole rings is 1. The number of likely N-dealkylation sites (tertiary alicyclic amines) is 1. The summed E-state index contributed by atoms with van der Waals surface area (Å²) in [5, 5.41) is 8.16. The Bertz CT molecular complexity index is 1950. The van der Waals surface area contributed by atoms with Crippen molar-refractivity contribution in [2.24, 2.45) is 0 Å². The summed E-state index contributed by atoms with van der Waals surface area (Å²) in [6.45, 7) is 8.44. The number of fused-ring (bicyclic) bond motifs is 1. The smallest absolute Gasteiger partial charge is 0.354 e. The molecular weight excluding hydrogens is 629 g/mol. The molecule has 9 nitrogen and oxygen atoms in total. The molecule has 0 spiro atoms. The number of hydrogen-bond acceptors (Lipinski definition) is 7. The van der Waals surface area contributed by atoms with E-state index < -0.39 is 17.6 Å². The van der Waals surface area contributed by atoms with E-state index in [9.17, 15) is 18.0 Å². The number of alkyl halides is 3. The molecule has 1 amide bonds. The quantitative estimate of drug-likeness (QED) is 0.201. The van der Waals surface area contributed by atoms with Gasteiger partial charge in [0.15, 0.2) is 5.65 Å². The molecule has 4 aromatic rings. The number of hydrogen-bond donors (Lipinski definition) is 3. The number of pyridine rings is 1. The van der Waals surface area contributed by atoms with Crippen LogP contribution in [0.4, 0.5) is 24.5 Å². The van der Waals surface area contributed by atoms with Gasteiger partial charge in [-0.1, -0.05) is 18.1 Å². The molecule has 2 aromatic heterocycles. The Balaban J connectivity index is 1.18. The molecule has 2 aromatic carbocycles. The average molecular weight is 671 g/mol. The minimum atomic E-state index is -4.56. The second-order valence-corrected chi connectivity index (χ2v) is 13.1. The minimum Gasteiger partial charge on any atom is -0.354 e. The van der Waals surface area contributed by atoms with E-state index in [1.807, 2.05) is 59.9 Å². The van der Waals surface area contributed by atoms with Crippen LogP contribution in [0.1, 0.15) is 58.6 Å². The summed E-state index contributed by atoms with van der Waals surface area (Å²) in [6.07, 6.45) is 1.99. The van der Waals surface area contributed by atoms with Gasteiger partial charge in [-0.2, -0.15) is 13.2 Å². The van der Waals surface area contributed by atoms with Gasteiger partial charge in [0, 0.05) is 66.6 Å². The zero-order chi connectivity index (χ0) is 34.9. The van der Waals surface area contributed by atoms with Gasteiger partial charge in [-0.3, -0.25) is 14.1 Å². The van der Waals surface area contributed by atoms with Crippen LogP contribution in [0.25, 0.3) is 5.65 Å². The lowest BCUT2D eigenvalue weighted by molar-refractivity contribution is -0.138. The van der Waals surface area contributed by atoms with Crippen LogP contribution in [0.15, 0.2) is 72.8 Å². The van der Waals surface area contributed by atoms with Gasteiger partial charge in [0.25, 0.3) is 5.91 Å². The molecule has 0 saturated carbocycles. The third-order valence-electron chi connectivity index (χ3n) is 9.00. The molecule has 0 bridgehead atoms. The Morgan fingerprint density at radius 2 is 1.96 bits per heavy atom. The van der Waals surface area contributed by atoms with Crippen molar-refractivity contribution >= 4 is 22.9 Å². The Morgan fingerprint density at radius 3 is 2.67 bits per heavy atom. The summed E-state index contributed by atoms with van der Waals surface area (Å²) in [7, 11) is 3.97. The van der Waals surface area contributed by atoms with Gasteiger partial charge < -0.3 is 20.5 Å². The normalized spacial score (nSPS) is 16.7. The summed E-state index contributed by atoms with van der Waals surface area (Å²) in [5.74, 6) is 5.82. The number of nitrogens with one attached hydrogen (secondary N) is 3. The lowest BCUT2D eigenvalue weighted by Gasteiger charge is -2.22. The molecule has 2 aliphatic heterocycles. The first-order chi connectivity index (χ1) is 23.4. The summed E-state index contributed by atoms with van der Waals surface area (Å²) < 4.78 is 44.3. The molecule has 2 aliphatic rings. The van der Waals surface area contributed by atoms with Gasteiger partial charge in [-0.25, -0.2) is 10.4 Å². The first kappa shape index (κ1) is 34.0. The molecule has 4 heterocycles. The maximum absolute atomic E-state index is 14.1. The third-order valence-corrected chi connectivity index (χ3v) is 9.00. The third kappa shape index (κ3) is 7.75. The molecule has 3 N–H and O–H groups in total.